The van der Waals surface area contributed by atoms with Gasteiger partial charge >= 0.3 is 12.0 Å². The van der Waals surface area contributed by atoms with Crippen LogP contribution in [0.5, 0.6) is 6.01 Å². The third-order valence-electron chi connectivity index (χ3n) is 3.05. The number of methoxy groups -OCH3 is 1. The van der Waals surface area contributed by atoms with Crippen molar-refractivity contribution in [3.63, 3.8) is 0 Å². The van der Waals surface area contributed by atoms with E-state index in [9.17, 15) is 4.79 Å². The van der Waals surface area contributed by atoms with Crippen LogP contribution in [0.2, 0.25) is 0 Å². The molecule has 2 N–H and O–H groups in total. The SMILES string of the molecule is COC(=O)C(C)(C)COc1ncc(-c2ccc(N)nc2)cn1. The molecule has 22 heavy (non-hydrogen) atoms. The monoisotopic (exact) mass is 302 g/mol. The van der Waals surface area contributed by atoms with Crippen molar-refractivity contribution in [3.05, 3.63) is 30.7 Å². The lowest BCUT2D eigenvalue weighted by Crippen LogP contribution is -2.32. The highest BCUT2D eigenvalue weighted by atomic mass is 16.5. The minimum Gasteiger partial charge on any atom is -0.469 e. The molecule has 116 valence electrons. The second kappa shape index (κ2) is 6.38. The van der Waals surface area contributed by atoms with Crippen LogP contribution in [0.4, 0.5) is 5.82 Å². The summed E-state index contributed by atoms with van der Waals surface area (Å²) in [5.74, 6) is 0.103. The summed E-state index contributed by atoms with van der Waals surface area (Å²) in [4.78, 5) is 23.8. The number of pyridine rings is 1. The zero-order chi connectivity index (χ0) is 16.2. The Morgan fingerprint density at radius 3 is 2.32 bits per heavy atom. The van der Waals surface area contributed by atoms with Crippen LogP contribution in [-0.4, -0.2) is 34.6 Å². The predicted molar refractivity (Wildman–Crippen MR) is 81.0 cm³/mol. The first kappa shape index (κ1) is 15.7. The summed E-state index contributed by atoms with van der Waals surface area (Å²) in [5.41, 5.74) is 6.43. The van der Waals surface area contributed by atoms with Crippen LogP contribution < -0.4 is 10.5 Å². The maximum atomic E-state index is 11.6. The van der Waals surface area contributed by atoms with E-state index in [4.69, 9.17) is 15.2 Å². The van der Waals surface area contributed by atoms with Gasteiger partial charge in [-0.1, -0.05) is 0 Å². The first-order chi connectivity index (χ1) is 10.4. The Balaban J connectivity index is 2.03. The highest BCUT2D eigenvalue weighted by Crippen LogP contribution is 2.20. The van der Waals surface area contributed by atoms with E-state index in [1.807, 2.05) is 6.07 Å². The van der Waals surface area contributed by atoms with E-state index in [1.54, 1.807) is 38.5 Å². The second-order valence-electron chi connectivity index (χ2n) is 5.39. The number of hydrogen-bond donors (Lipinski definition) is 1. The fourth-order valence-corrected chi connectivity index (χ4v) is 1.70. The summed E-state index contributed by atoms with van der Waals surface area (Å²) >= 11 is 0. The summed E-state index contributed by atoms with van der Waals surface area (Å²) in [7, 11) is 1.34. The van der Waals surface area contributed by atoms with Gasteiger partial charge in [0.25, 0.3) is 0 Å². The number of ether oxygens (including phenoxy) is 2. The molecule has 0 aliphatic heterocycles. The Hall–Kier alpha value is -2.70. The Morgan fingerprint density at radius 2 is 1.77 bits per heavy atom. The molecule has 2 rings (SSSR count). The van der Waals surface area contributed by atoms with E-state index in [-0.39, 0.29) is 18.6 Å². The van der Waals surface area contributed by atoms with Crippen molar-refractivity contribution in [2.24, 2.45) is 5.41 Å². The molecule has 0 spiro atoms. The third-order valence-corrected chi connectivity index (χ3v) is 3.05. The van der Waals surface area contributed by atoms with Crippen molar-refractivity contribution in [2.75, 3.05) is 19.5 Å². The Kier molecular flexibility index (Phi) is 4.55. The number of rotatable bonds is 5. The molecule has 0 aliphatic rings. The molecular weight excluding hydrogens is 284 g/mol. The molecule has 0 amide bonds. The third kappa shape index (κ3) is 3.69. The summed E-state index contributed by atoms with van der Waals surface area (Å²) in [6, 6.07) is 3.74. The quantitative estimate of drug-likeness (QED) is 0.839. The van der Waals surface area contributed by atoms with Crippen LogP contribution in [0.25, 0.3) is 11.1 Å². The highest BCUT2D eigenvalue weighted by molar-refractivity contribution is 5.75. The van der Waals surface area contributed by atoms with E-state index in [1.165, 1.54) is 7.11 Å². The number of carbonyl (C=O) groups excluding carboxylic acids is 1. The average molecular weight is 302 g/mol. The average Bonchev–Trinajstić information content (AvgIpc) is 2.53. The number of nitrogens with two attached hydrogens (primary N) is 1. The van der Waals surface area contributed by atoms with Crippen LogP contribution in [0.15, 0.2) is 30.7 Å². The molecular formula is C15H18N4O3. The fraction of sp³-hybridized carbons (Fsp3) is 0.333. The fourth-order valence-electron chi connectivity index (χ4n) is 1.70. The molecule has 2 aromatic rings. The second-order valence-corrected chi connectivity index (χ2v) is 5.39. The summed E-state index contributed by atoms with van der Waals surface area (Å²) < 4.78 is 10.2. The maximum absolute atomic E-state index is 11.6. The van der Waals surface area contributed by atoms with Crippen molar-refractivity contribution in [3.8, 4) is 17.1 Å². The number of carbonyl (C=O) groups is 1. The number of anilines is 1. The van der Waals surface area contributed by atoms with Crippen LogP contribution >= 0.6 is 0 Å². The predicted octanol–water partition coefficient (Wildman–Crippen LogP) is 1.70. The summed E-state index contributed by atoms with van der Waals surface area (Å²) in [5, 5.41) is 0. The lowest BCUT2D eigenvalue weighted by molar-refractivity contribution is -0.152. The van der Waals surface area contributed by atoms with Crippen molar-refractivity contribution in [2.45, 2.75) is 13.8 Å². The molecule has 0 aliphatic carbocycles. The Bertz CT molecular complexity index is 639. The normalized spacial score (nSPS) is 11.0. The number of nitrogens with zero attached hydrogens (tertiary/aromatic N) is 3. The van der Waals surface area contributed by atoms with Gasteiger partial charge in [-0.2, -0.15) is 0 Å². The molecule has 0 aromatic carbocycles. The molecule has 0 saturated carbocycles. The molecule has 0 saturated heterocycles. The molecule has 7 heteroatoms. The molecule has 0 atom stereocenters. The van der Waals surface area contributed by atoms with Crippen LogP contribution in [0.1, 0.15) is 13.8 Å². The number of aromatic nitrogens is 3. The zero-order valence-corrected chi connectivity index (χ0v) is 12.7. The van der Waals surface area contributed by atoms with Gasteiger partial charge in [0.05, 0.1) is 12.5 Å². The largest absolute Gasteiger partial charge is 0.469 e. The van der Waals surface area contributed by atoms with Gasteiger partial charge < -0.3 is 15.2 Å². The number of hydrogen-bond acceptors (Lipinski definition) is 7. The summed E-state index contributed by atoms with van der Waals surface area (Å²) in [6.45, 7) is 3.59. The minimum atomic E-state index is -0.766. The van der Waals surface area contributed by atoms with Crippen molar-refractivity contribution in [1.82, 2.24) is 15.0 Å². The lowest BCUT2D eigenvalue weighted by atomic mass is 9.95. The smallest absolute Gasteiger partial charge is 0.316 e. The van der Waals surface area contributed by atoms with E-state index in [0.29, 0.717) is 5.82 Å². The van der Waals surface area contributed by atoms with Gasteiger partial charge in [-0.3, -0.25) is 4.79 Å². The number of nitrogen functional groups attached to an aromatic ring is 1. The van der Waals surface area contributed by atoms with Gasteiger partial charge in [0.2, 0.25) is 0 Å². The Labute approximate surface area is 128 Å². The van der Waals surface area contributed by atoms with Crippen LogP contribution in [0.3, 0.4) is 0 Å². The van der Waals surface area contributed by atoms with Crippen LogP contribution in [-0.2, 0) is 9.53 Å². The molecule has 0 radical (unpaired) electrons. The van der Waals surface area contributed by atoms with Gasteiger partial charge in [0, 0.05) is 29.7 Å². The molecule has 2 aromatic heterocycles. The minimum absolute atomic E-state index is 0.127. The van der Waals surface area contributed by atoms with Crippen molar-refractivity contribution < 1.29 is 14.3 Å². The molecule has 7 nitrogen and oxygen atoms in total. The lowest BCUT2D eigenvalue weighted by Gasteiger charge is -2.20. The van der Waals surface area contributed by atoms with Gasteiger partial charge in [0.15, 0.2) is 0 Å². The maximum Gasteiger partial charge on any atom is 0.316 e. The van der Waals surface area contributed by atoms with Crippen molar-refractivity contribution in [1.29, 1.82) is 0 Å². The molecule has 0 bridgehead atoms. The first-order valence-electron chi connectivity index (χ1n) is 6.67. The standard InChI is InChI=1S/C15H18N4O3/c1-15(2,13(20)21-3)9-22-14-18-7-11(8-19-14)10-4-5-12(16)17-6-10/h4-8H,9H2,1-3H3,(H2,16,17). The van der Waals surface area contributed by atoms with E-state index < -0.39 is 5.41 Å². The van der Waals surface area contributed by atoms with Gasteiger partial charge in [-0.15, -0.1) is 0 Å². The van der Waals surface area contributed by atoms with Crippen LogP contribution in [0, 0.1) is 5.41 Å². The summed E-state index contributed by atoms with van der Waals surface area (Å²) in [6.07, 6.45) is 4.90. The van der Waals surface area contributed by atoms with Gasteiger partial charge in [-0.05, 0) is 26.0 Å². The van der Waals surface area contributed by atoms with Gasteiger partial charge in [0.1, 0.15) is 12.4 Å². The van der Waals surface area contributed by atoms with Crippen molar-refractivity contribution >= 4 is 11.8 Å². The first-order valence-corrected chi connectivity index (χ1v) is 6.67. The zero-order valence-electron chi connectivity index (χ0n) is 12.7. The number of esters is 1. The topological polar surface area (TPSA) is 100 Å². The van der Waals surface area contributed by atoms with E-state index >= 15 is 0 Å². The van der Waals surface area contributed by atoms with E-state index in [0.717, 1.165) is 11.1 Å². The molecule has 0 unspecified atom stereocenters. The Morgan fingerprint density at radius 1 is 1.14 bits per heavy atom. The van der Waals surface area contributed by atoms with Gasteiger partial charge in [-0.25, -0.2) is 15.0 Å². The molecule has 0 fully saturated rings. The van der Waals surface area contributed by atoms with E-state index in [2.05, 4.69) is 15.0 Å². The highest BCUT2D eigenvalue weighted by Gasteiger charge is 2.30. The molecule has 2 heterocycles.